The molecule has 3 aromatic heterocycles. The number of carbonyl (C=O) groups is 1. The number of hydrogen-bond acceptors (Lipinski definition) is 7. The van der Waals surface area contributed by atoms with Gasteiger partial charge in [0, 0.05) is 23.8 Å². The van der Waals surface area contributed by atoms with Gasteiger partial charge in [-0.1, -0.05) is 29.0 Å². The molecule has 4 heterocycles. The summed E-state index contributed by atoms with van der Waals surface area (Å²) < 4.78 is 3.23. The highest BCUT2D eigenvalue weighted by Crippen LogP contribution is 2.31. The summed E-state index contributed by atoms with van der Waals surface area (Å²) in [5.41, 5.74) is 1.16. The third-order valence-electron chi connectivity index (χ3n) is 5.00. The fourth-order valence-electron chi connectivity index (χ4n) is 3.55. The van der Waals surface area contributed by atoms with Gasteiger partial charge in [-0.05, 0) is 37.5 Å². The Morgan fingerprint density at radius 3 is 2.87 bits per heavy atom. The van der Waals surface area contributed by atoms with Crippen molar-refractivity contribution in [3.05, 3.63) is 46.1 Å². The number of benzene rings is 1. The van der Waals surface area contributed by atoms with E-state index < -0.39 is 5.69 Å². The van der Waals surface area contributed by atoms with Crippen molar-refractivity contribution in [2.45, 2.75) is 25.8 Å². The Balaban J connectivity index is 1.45. The van der Waals surface area contributed by atoms with E-state index in [4.69, 9.17) is 11.6 Å². The molecular formula is C19H18ClN7O2S. The SMILES string of the molecule is O=C(Cn1nc2c3sc(N4CCCCC4)nc3ncn2c1=O)Nc1cccc(Cl)c1. The summed E-state index contributed by atoms with van der Waals surface area (Å²) in [5.74, 6) is -0.370. The Bertz CT molecular complexity index is 1310. The monoisotopic (exact) mass is 443 g/mol. The molecule has 1 aliphatic heterocycles. The second-order valence-electron chi connectivity index (χ2n) is 7.13. The normalized spacial score (nSPS) is 14.5. The highest BCUT2D eigenvalue weighted by Gasteiger charge is 2.20. The zero-order valence-corrected chi connectivity index (χ0v) is 17.5. The van der Waals surface area contributed by atoms with Gasteiger partial charge in [-0.3, -0.25) is 4.79 Å². The summed E-state index contributed by atoms with van der Waals surface area (Å²) in [4.78, 5) is 36.3. The first-order valence-electron chi connectivity index (χ1n) is 9.63. The molecule has 1 aliphatic rings. The lowest BCUT2D eigenvalue weighted by Crippen LogP contribution is -2.29. The number of carbonyl (C=O) groups excluding carboxylic acids is 1. The van der Waals surface area contributed by atoms with E-state index in [0.29, 0.717) is 22.0 Å². The summed E-state index contributed by atoms with van der Waals surface area (Å²) in [7, 11) is 0. The van der Waals surface area contributed by atoms with E-state index in [9.17, 15) is 9.59 Å². The Kier molecular flexibility index (Phi) is 4.87. The van der Waals surface area contributed by atoms with Crippen LogP contribution in [0.5, 0.6) is 0 Å². The van der Waals surface area contributed by atoms with Crippen molar-refractivity contribution in [2.75, 3.05) is 23.3 Å². The predicted molar refractivity (Wildman–Crippen MR) is 117 cm³/mol. The molecule has 0 unspecified atom stereocenters. The minimum absolute atomic E-state index is 0.216. The number of thiazole rings is 1. The maximum atomic E-state index is 12.7. The van der Waals surface area contributed by atoms with Gasteiger partial charge in [-0.25, -0.2) is 18.9 Å². The molecule has 0 spiro atoms. The average Bonchev–Trinajstić information content (AvgIpc) is 3.30. The minimum atomic E-state index is -0.423. The van der Waals surface area contributed by atoms with Crippen molar-refractivity contribution in [1.29, 1.82) is 0 Å². The van der Waals surface area contributed by atoms with Gasteiger partial charge in [0.25, 0.3) is 0 Å². The zero-order valence-electron chi connectivity index (χ0n) is 15.9. The van der Waals surface area contributed by atoms with Gasteiger partial charge in [-0.15, -0.1) is 5.10 Å². The second kappa shape index (κ2) is 7.69. The van der Waals surface area contributed by atoms with Gasteiger partial charge in [-0.2, -0.15) is 4.98 Å². The first kappa shape index (κ1) is 19.0. The molecule has 0 atom stereocenters. The quantitative estimate of drug-likeness (QED) is 0.521. The van der Waals surface area contributed by atoms with Gasteiger partial charge in [0.2, 0.25) is 5.91 Å². The van der Waals surface area contributed by atoms with E-state index in [0.717, 1.165) is 40.4 Å². The third kappa shape index (κ3) is 3.52. The predicted octanol–water partition coefficient (Wildman–Crippen LogP) is 2.78. The number of piperidine rings is 1. The lowest BCUT2D eigenvalue weighted by molar-refractivity contribution is -0.117. The van der Waals surface area contributed by atoms with E-state index in [-0.39, 0.29) is 12.5 Å². The number of nitrogens with zero attached hydrogens (tertiary/aromatic N) is 6. The van der Waals surface area contributed by atoms with Crippen LogP contribution in [0.3, 0.4) is 0 Å². The number of hydrogen-bond donors (Lipinski definition) is 1. The van der Waals surface area contributed by atoms with Crippen LogP contribution in [0.2, 0.25) is 5.02 Å². The summed E-state index contributed by atoms with van der Waals surface area (Å²) >= 11 is 7.42. The van der Waals surface area contributed by atoms with E-state index in [2.05, 4.69) is 25.3 Å². The number of halogens is 1. The Morgan fingerprint density at radius 1 is 1.23 bits per heavy atom. The number of nitrogens with one attached hydrogen (secondary N) is 1. The Labute approximate surface area is 179 Å². The molecule has 0 aliphatic carbocycles. The highest BCUT2D eigenvalue weighted by atomic mass is 35.5. The molecule has 5 rings (SSSR count). The van der Waals surface area contributed by atoms with Crippen LogP contribution >= 0.6 is 22.9 Å². The van der Waals surface area contributed by atoms with E-state index in [1.807, 2.05) is 0 Å². The van der Waals surface area contributed by atoms with Crippen molar-refractivity contribution in [3.8, 4) is 0 Å². The van der Waals surface area contributed by atoms with Crippen molar-refractivity contribution in [1.82, 2.24) is 24.1 Å². The first-order valence-corrected chi connectivity index (χ1v) is 10.8. The molecule has 1 fully saturated rings. The highest BCUT2D eigenvalue weighted by molar-refractivity contribution is 7.22. The summed E-state index contributed by atoms with van der Waals surface area (Å²) in [6.07, 6.45) is 4.95. The Morgan fingerprint density at radius 2 is 2.07 bits per heavy atom. The lowest BCUT2D eigenvalue weighted by Gasteiger charge is -2.25. The largest absolute Gasteiger partial charge is 0.352 e. The molecular weight excluding hydrogens is 426 g/mol. The molecule has 4 aromatic rings. The zero-order chi connectivity index (χ0) is 20.7. The number of fused-ring (bicyclic) bond motifs is 3. The maximum Gasteiger partial charge on any atom is 0.352 e. The van der Waals surface area contributed by atoms with Crippen LogP contribution in [0.25, 0.3) is 16.0 Å². The number of rotatable bonds is 4. The van der Waals surface area contributed by atoms with Crippen molar-refractivity contribution < 1.29 is 4.79 Å². The molecule has 1 aromatic carbocycles. The van der Waals surface area contributed by atoms with Crippen molar-refractivity contribution >= 4 is 55.7 Å². The van der Waals surface area contributed by atoms with Crippen LogP contribution in [0.4, 0.5) is 10.8 Å². The number of amides is 1. The van der Waals surface area contributed by atoms with Gasteiger partial charge >= 0.3 is 5.69 Å². The van der Waals surface area contributed by atoms with E-state index in [1.165, 1.54) is 28.5 Å². The molecule has 0 saturated carbocycles. The van der Waals surface area contributed by atoms with Crippen LogP contribution in [0, 0.1) is 0 Å². The van der Waals surface area contributed by atoms with Crippen LogP contribution in [0.1, 0.15) is 19.3 Å². The van der Waals surface area contributed by atoms with Gasteiger partial charge < -0.3 is 10.2 Å². The topological polar surface area (TPSA) is 97.4 Å². The molecule has 11 heteroatoms. The third-order valence-corrected chi connectivity index (χ3v) is 6.33. The molecule has 1 N–H and O–H groups in total. The molecule has 0 bridgehead atoms. The van der Waals surface area contributed by atoms with Gasteiger partial charge in [0.15, 0.2) is 16.4 Å². The Hall–Kier alpha value is -2.98. The van der Waals surface area contributed by atoms with Crippen molar-refractivity contribution in [2.24, 2.45) is 0 Å². The maximum absolute atomic E-state index is 12.7. The van der Waals surface area contributed by atoms with Crippen LogP contribution < -0.4 is 15.9 Å². The molecule has 154 valence electrons. The number of anilines is 2. The van der Waals surface area contributed by atoms with Gasteiger partial charge in [0.05, 0.1) is 0 Å². The van der Waals surface area contributed by atoms with Crippen molar-refractivity contribution in [3.63, 3.8) is 0 Å². The lowest BCUT2D eigenvalue weighted by atomic mass is 10.1. The molecule has 1 amide bonds. The first-order chi connectivity index (χ1) is 14.6. The minimum Gasteiger partial charge on any atom is -0.348 e. The summed E-state index contributed by atoms with van der Waals surface area (Å²) in [6.45, 7) is 1.73. The average molecular weight is 444 g/mol. The number of aromatic nitrogens is 5. The van der Waals surface area contributed by atoms with Crippen LogP contribution in [-0.2, 0) is 11.3 Å². The van der Waals surface area contributed by atoms with E-state index >= 15 is 0 Å². The molecule has 1 saturated heterocycles. The molecule has 30 heavy (non-hydrogen) atoms. The fourth-order valence-corrected chi connectivity index (χ4v) is 4.79. The molecule has 9 nitrogen and oxygen atoms in total. The van der Waals surface area contributed by atoms with Crippen LogP contribution in [-0.4, -0.2) is 43.1 Å². The van der Waals surface area contributed by atoms with Gasteiger partial charge in [0.1, 0.15) is 17.6 Å². The van der Waals surface area contributed by atoms with E-state index in [1.54, 1.807) is 24.3 Å². The second-order valence-corrected chi connectivity index (χ2v) is 8.55. The molecule has 0 radical (unpaired) electrons. The summed E-state index contributed by atoms with van der Waals surface area (Å²) in [6, 6.07) is 6.82. The standard InChI is InChI=1S/C19H18ClN7O2S/c20-12-5-4-6-13(9-12)22-14(28)10-27-19(29)26-11-21-16-15(17(26)24-27)30-18(23-16)25-7-2-1-3-8-25/h4-6,9,11H,1-3,7-8,10H2,(H,22,28). The smallest absolute Gasteiger partial charge is 0.348 e. The summed E-state index contributed by atoms with van der Waals surface area (Å²) in [5, 5.41) is 8.52. The fraction of sp³-hybridized carbons (Fsp3) is 0.316. The van der Waals surface area contributed by atoms with Crippen LogP contribution in [0.15, 0.2) is 35.4 Å².